The van der Waals surface area contributed by atoms with Crippen LogP contribution >= 0.6 is 0 Å². The van der Waals surface area contributed by atoms with Gasteiger partial charge >= 0.3 is 5.97 Å². The third-order valence-corrected chi connectivity index (χ3v) is 13.2. The molecule has 10 rings (SSSR count). The van der Waals surface area contributed by atoms with Crippen LogP contribution in [0.15, 0.2) is 133 Å². The highest BCUT2D eigenvalue weighted by Crippen LogP contribution is 2.64. The van der Waals surface area contributed by atoms with Crippen LogP contribution in [0.1, 0.15) is 75.6 Å². The van der Waals surface area contributed by atoms with Gasteiger partial charge in [-0.1, -0.05) is 136 Å². The second kappa shape index (κ2) is 13.1. The minimum atomic E-state index is -0.596. The van der Waals surface area contributed by atoms with Gasteiger partial charge in [0, 0.05) is 32.7 Å². The van der Waals surface area contributed by atoms with Gasteiger partial charge in [0.15, 0.2) is 0 Å². The monoisotopic (exact) mass is 730 g/mol. The second-order valence-corrected chi connectivity index (χ2v) is 16.5. The topological polar surface area (TPSA) is 52.1 Å². The number of fused-ring (bicyclic) bond motifs is 12. The Morgan fingerprint density at radius 1 is 0.571 bits per heavy atom. The van der Waals surface area contributed by atoms with Crippen molar-refractivity contribution in [3.63, 3.8) is 0 Å². The lowest BCUT2D eigenvalue weighted by molar-refractivity contribution is -0.148. The summed E-state index contributed by atoms with van der Waals surface area (Å²) in [4.78, 5) is 25.0. The molecule has 2 aromatic heterocycles. The van der Waals surface area contributed by atoms with Crippen LogP contribution in [0.3, 0.4) is 0 Å². The van der Waals surface area contributed by atoms with Gasteiger partial charge in [-0.3, -0.25) is 4.79 Å². The van der Waals surface area contributed by atoms with Crippen molar-refractivity contribution in [2.45, 2.75) is 64.2 Å². The van der Waals surface area contributed by atoms with Crippen LogP contribution in [-0.4, -0.2) is 22.5 Å². The van der Waals surface area contributed by atoms with E-state index in [9.17, 15) is 4.79 Å². The third kappa shape index (κ3) is 5.08. The SMILES string of the molecule is CCOC(=O)C(C)CC1(CC2(CC(C)CC)c3cc4ccccc4nc3-c3c2ccc2ccccc32)c2cc3ccccc3nc2-c2c1ccc1ccccc21. The number of pyridine rings is 2. The fraction of sp³-hybridized carbons (Fsp3) is 0.250. The Morgan fingerprint density at radius 2 is 1.04 bits per heavy atom. The number of nitrogens with zero attached hydrogens (tertiary/aromatic N) is 2. The molecular formula is C52H46N2O2. The quantitative estimate of drug-likeness (QED) is 0.139. The molecule has 2 aliphatic rings. The summed E-state index contributed by atoms with van der Waals surface area (Å²) in [6.45, 7) is 9.03. The molecule has 0 fully saturated rings. The predicted molar refractivity (Wildman–Crippen MR) is 230 cm³/mol. The number of carbonyl (C=O) groups is 1. The number of para-hydroxylation sites is 2. The van der Waals surface area contributed by atoms with Crippen LogP contribution in [0.5, 0.6) is 0 Å². The Balaban J connectivity index is 1.35. The third-order valence-electron chi connectivity index (χ3n) is 13.2. The lowest BCUT2D eigenvalue weighted by Gasteiger charge is -2.44. The van der Waals surface area contributed by atoms with Crippen molar-refractivity contribution in [1.29, 1.82) is 0 Å². The summed E-state index contributed by atoms with van der Waals surface area (Å²) < 4.78 is 5.80. The molecule has 56 heavy (non-hydrogen) atoms. The van der Waals surface area contributed by atoms with Crippen molar-refractivity contribution in [3.8, 4) is 22.5 Å². The van der Waals surface area contributed by atoms with Crippen molar-refractivity contribution in [3.05, 3.63) is 156 Å². The molecule has 4 atom stereocenters. The smallest absolute Gasteiger partial charge is 0.308 e. The van der Waals surface area contributed by atoms with Crippen LogP contribution in [0.25, 0.3) is 65.9 Å². The summed E-state index contributed by atoms with van der Waals surface area (Å²) in [5, 5.41) is 7.10. The van der Waals surface area contributed by atoms with Crippen LogP contribution in [-0.2, 0) is 20.4 Å². The molecule has 4 heteroatoms. The van der Waals surface area contributed by atoms with Crippen LogP contribution in [0.2, 0.25) is 0 Å². The first-order valence-corrected chi connectivity index (χ1v) is 20.4. The number of rotatable bonds is 9. The average molecular weight is 731 g/mol. The minimum Gasteiger partial charge on any atom is -0.466 e. The van der Waals surface area contributed by atoms with E-state index in [-0.39, 0.29) is 11.9 Å². The molecule has 0 saturated heterocycles. The molecule has 6 aromatic carbocycles. The second-order valence-electron chi connectivity index (χ2n) is 16.5. The van der Waals surface area contributed by atoms with Crippen LogP contribution in [0.4, 0.5) is 0 Å². The summed E-state index contributed by atoms with van der Waals surface area (Å²) in [7, 11) is 0. The zero-order chi connectivity index (χ0) is 38.2. The first-order chi connectivity index (χ1) is 27.3. The van der Waals surface area contributed by atoms with E-state index < -0.39 is 10.8 Å². The summed E-state index contributed by atoms with van der Waals surface area (Å²) in [6.07, 6.45) is 3.34. The predicted octanol–water partition coefficient (Wildman–Crippen LogP) is 12.7. The number of hydrogen-bond donors (Lipinski definition) is 0. The zero-order valence-electron chi connectivity index (χ0n) is 32.6. The highest BCUT2D eigenvalue weighted by Gasteiger charge is 2.55. The zero-order valence-corrected chi connectivity index (χ0v) is 32.6. The van der Waals surface area contributed by atoms with Gasteiger partial charge in [-0.15, -0.1) is 0 Å². The van der Waals surface area contributed by atoms with Crippen LogP contribution < -0.4 is 0 Å². The fourth-order valence-electron chi connectivity index (χ4n) is 10.6. The number of benzene rings is 6. The Labute approximate surface area is 328 Å². The molecule has 2 heterocycles. The van der Waals surface area contributed by atoms with Gasteiger partial charge in [0.2, 0.25) is 0 Å². The average Bonchev–Trinajstić information content (AvgIpc) is 3.64. The van der Waals surface area contributed by atoms with E-state index in [1.165, 1.54) is 54.9 Å². The Hall–Kier alpha value is -5.87. The van der Waals surface area contributed by atoms with Gasteiger partial charge in [0.05, 0.1) is 34.9 Å². The largest absolute Gasteiger partial charge is 0.466 e. The lowest BCUT2D eigenvalue weighted by atomic mass is 9.58. The molecule has 0 amide bonds. The van der Waals surface area contributed by atoms with E-state index in [1.807, 2.05) is 6.92 Å². The molecule has 4 unspecified atom stereocenters. The van der Waals surface area contributed by atoms with Gasteiger partial charge in [-0.2, -0.15) is 0 Å². The number of hydrogen-bond acceptors (Lipinski definition) is 4. The van der Waals surface area contributed by atoms with E-state index in [0.717, 1.165) is 52.5 Å². The first kappa shape index (κ1) is 34.6. The molecular weight excluding hydrogens is 685 g/mol. The molecule has 4 nitrogen and oxygen atoms in total. The maximum absolute atomic E-state index is 13.9. The highest BCUT2D eigenvalue weighted by atomic mass is 16.5. The molecule has 0 saturated carbocycles. The van der Waals surface area contributed by atoms with Crippen molar-refractivity contribution in [2.24, 2.45) is 11.8 Å². The van der Waals surface area contributed by atoms with Gasteiger partial charge < -0.3 is 4.74 Å². The molecule has 0 aliphatic heterocycles. The van der Waals surface area contributed by atoms with E-state index in [4.69, 9.17) is 14.7 Å². The molecule has 0 N–H and O–H groups in total. The summed E-state index contributed by atoms with van der Waals surface area (Å²) in [6, 6.07) is 48.7. The van der Waals surface area contributed by atoms with Gasteiger partial charge in [-0.05, 0) is 100 Å². The maximum atomic E-state index is 13.9. The van der Waals surface area contributed by atoms with E-state index >= 15 is 0 Å². The molecule has 0 spiro atoms. The Kier molecular flexibility index (Phi) is 8.11. The van der Waals surface area contributed by atoms with E-state index in [0.29, 0.717) is 18.9 Å². The summed E-state index contributed by atoms with van der Waals surface area (Å²) in [5.74, 6) is -0.102. The Morgan fingerprint density at radius 3 is 1.54 bits per heavy atom. The van der Waals surface area contributed by atoms with Gasteiger partial charge in [0.25, 0.3) is 0 Å². The van der Waals surface area contributed by atoms with Crippen molar-refractivity contribution >= 4 is 49.3 Å². The number of carbonyl (C=O) groups excluding carboxylic acids is 1. The van der Waals surface area contributed by atoms with E-state index in [2.05, 4.69) is 154 Å². The van der Waals surface area contributed by atoms with Crippen molar-refractivity contribution in [1.82, 2.24) is 9.97 Å². The minimum absolute atomic E-state index is 0.154. The molecule has 2 aliphatic carbocycles. The first-order valence-electron chi connectivity index (χ1n) is 20.4. The van der Waals surface area contributed by atoms with Crippen molar-refractivity contribution in [2.75, 3.05) is 6.61 Å². The molecule has 276 valence electrons. The maximum Gasteiger partial charge on any atom is 0.308 e. The number of esters is 1. The van der Waals surface area contributed by atoms with Crippen LogP contribution in [0, 0.1) is 11.8 Å². The van der Waals surface area contributed by atoms with Gasteiger partial charge in [0.1, 0.15) is 0 Å². The molecule has 0 bridgehead atoms. The molecule has 8 aromatic rings. The Bertz CT molecular complexity index is 2880. The highest BCUT2D eigenvalue weighted by molar-refractivity contribution is 6.05. The number of ether oxygens (including phenoxy) is 1. The molecule has 0 radical (unpaired) electrons. The normalized spacial score (nSPS) is 19.1. The lowest BCUT2D eigenvalue weighted by Crippen LogP contribution is -2.41. The number of aromatic nitrogens is 2. The van der Waals surface area contributed by atoms with Crippen molar-refractivity contribution < 1.29 is 9.53 Å². The standard InChI is InChI=1S/C52H46N2O2/c1-5-32(3)29-51(40-25-23-34-15-7-11-19-38(34)46(40)48-42(51)27-36-17-9-13-21-44(36)53-48)31-52(30-33(4)50(55)56-6-2)41-26-24-35-16-8-12-20-39(35)47(41)49-43(52)28-37-18-10-14-22-45(37)54-49/h7-28,32-33H,5-6,29-31H2,1-4H3. The summed E-state index contributed by atoms with van der Waals surface area (Å²) >= 11 is 0. The summed E-state index contributed by atoms with van der Waals surface area (Å²) in [5.41, 5.74) is 10.6. The van der Waals surface area contributed by atoms with Gasteiger partial charge in [-0.25, -0.2) is 9.97 Å². The van der Waals surface area contributed by atoms with E-state index in [1.54, 1.807) is 0 Å². The fourth-order valence-corrected chi connectivity index (χ4v) is 10.6.